The number of amides is 2. The second-order valence-electron chi connectivity index (χ2n) is 11.2. The van der Waals surface area contributed by atoms with Crippen molar-refractivity contribution in [3.05, 3.63) is 130 Å². The van der Waals surface area contributed by atoms with E-state index in [1.807, 2.05) is 0 Å². The minimum atomic E-state index is -3.94. The summed E-state index contributed by atoms with van der Waals surface area (Å²) in [6.45, 7) is 1.22. The number of carboxylic acid groups (broad SMARTS) is 1. The fourth-order valence-electron chi connectivity index (χ4n) is 4.78. The second kappa shape index (κ2) is 15.3. The lowest BCUT2D eigenvalue weighted by Gasteiger charge is -2.15. The fraction of sp³-hybridized carbons (Fsp3) is 0.176. The van der Waals surface area contributed by atoms with Crippen LogP contribution in [0.15, 0.2) is 91.0 Å². The van der Waals surface area contributed by atoms with Crippen LogP contribution in [0.2, 0.25) is 0 Å². The molecular formula is C34H34N4O9S2. The van der Waals surface area contributed by atoms with Crippen LogP contribution in [0, 0.1) is 0 Å². The van der Waals surface area contributed by atoms with Crippen molar-refractivity contribution >= 4 is 55.0 Å². The molecule has 2 amide bonds. The van der Waals surface area contributed by atoms with Gasteiger partial charge in [0, 0.05) is 37.1 Å². The molecule has 4 aromatic carbocycles. The molecule has 0 heterocycles. The zero-order valence-electron chi connectivity index (χ0n) is 26.8. The van der Waals surface area contributed by atoms with Crippen LogP contribution < -0.4 is 15.4 Å². The average molecular weight is 707 g/mol. The number of Topliss-reactive ketones (excluding diaryl/α,β-unsaturated/α-hetero) is 1. The molecule has 13 nitrogen and oxygen atoms in total. The fourth-order valence-corrected chi connectivity index (χ4v) is 6.27. The molecule has 49 heavy (non-hydrogen) atoms. The van der Waals surface area contributed by atoms with Gasteiger partial charge in [-0.05, 0) is 72.1 Å². The Morgan fingerprint density at radius 2 is 1.22 bits per heavy atom. The average Bonchev–Trinajstić information content (AvgIpc) is 3.03. The number of benzene rings is 4. The Hall–Kier alpha value is -5.22. The first-order valence-corrected chi connectivity index (χ1v) is 18.2. The van der Waals surface area contributed by atoms with Gasteiger partial charge in [-0.3, -0.25) is 14.4 Å². The molecule has 0 aliphatic heterocycles. The number of hydrogen-bond acceptors (Lipinski definition) is 8. The SMILES string of the molecule is CC(=O)c1cc(CS(=O)(=O)NCc2cccc(NC(=O)c3ccccc3C(=O)O)c2)ccc1C(=O)Nc1cccc(CN(C)S(C)(=O)=O)c1. The molecule has 0 saturated carbocycles. The Morgan fingerprint density at radius 3 is 1.80 bits per heavy atom. The summed E-state index contributed by atoms with van der Waals surface area (Å²) in [5.41, 5.74) is 1.97. The number of carbonyl (C=O) groups excluding carboxylic acids is 3. The first kappa shape index (κ1) is 36.6. The molecule has 0 aliphatic carbocycles. The van der Waals surface area contributed by atoms with Gasteiger partial charge in [0.25, 0.3) is 11.8 Å². The number of sulfonamides is 2. The zero-order chi connectivity index (χ0) is 35.9. The first-order valence-electron chi connectivity index (χ1n) is 14.7. The molecule has 4 N–H and O–H groups in total. The molecule has 4 rings (SSSR count). The third-order valence-corrected chi connectivity index (χ3v) is 9.86. The monoisotopic (exact) mass is 706 g/mol. The maximum absolute atomic E-state index is 13.2. The highest BCUT2D eigenvalue weighted by atomic mass is 32.2. The van der Waals surface area contributed by atoms with Gasteiger partial charge in [0.1, 0.15) is 0 Å². The lowest BCUT2D eigenvalue weighted by Crippen LogP contribution is -2.25. The molecule has 0 atom stereocenters. The highest BCUT2D eigenvalue weighted by Gasteiger charge is 2.20. The Kier molecular flexibility index (Phi) is 11.5. The van der Waals surface area contributed by atoms with Crippen molar-refractivity contribution in [2.75, 3.05) is 23.9 Å². The van der Waals surface area contributed by atoms with Crippen LogP contribution in [0.3, 0.4) is 0 Å². The number of aromatic carboxylic acids is 1. The van der Waals surface area contributed by atoms with E-state index in [1.54, 1.807) is 54.6 Å². The second-order valence-corrected chi connectivity index (χ2v) is 15.1. The number of rotatable bonds is 14. The van der Waals surface area contributed by atoms with Gasteiger partial charge in [-0.1, -0.05) is 42.5 Å². The molecular weight excluding hydrogens is 673 g/mol. The minimum absolute atomic E-state index is 0.0195. The Bertz CT molecular complexity index is 2150. The number of ketones is 1. The summed E-state index contributed by atoms with van der Waals surface area (Å²) in [5.74, 6) is -3.44. The maximum atomic E-state index is 13.2. The Balaban J connectivity index is 1.42. The number of carboxylic acids is 1. The third kappa shape index (κ3) is 10.1. The zero-order valence-corrected chi connectivity index (χ0v) is 28.4. The summed E-state index contributed by atoms with van der Waals surface area (Å²) in [6.07, 6.45) is 1.09. The van der Waals surface area contributed by atoms with E-state index in [9.17, 15) is 41.1 Å². The number of anilines is 2. The Labute approximate surface area is 284 Å². The van der Waals surface area contributed by atoms with Gasteiger partial charge in [-0.2, -0.15) is 0 Å². The van der Waals surface area contributed by atoms with Crippen LogP contribution in [-0.4, -0.2) is 63.1 Å². The van der Waals surface area contributed by atoms with Crippen molar-refractivity contribution in [3.63, 3.8) is 0 Å². The van der Waals surface area contributed by atoms with Crippen molar-refractivity contribution in [2.24, 2.45) is 0 Å². The van der Waals surface area contributed by atoms with Crippen LogP contribution in [0.25, 0.3) is 0 Å². The summed E-state index contributed by atoms with van der Waals surface area (Å²) in [4.78, 5) is 49.9. The van der Waals surface area contributed by atoms with E-state index in [0.717, 1.165) is 10.6 Å². The summed E-state index contributed by atoms with van der Waals surface area (Å²) < 4.78 is 53.2. The molecule has 0 aromatic heterocycles. The van der Waals surface area contributed by atoms with Crippen LogP contribution >= 0.6 is 0 Å². The molecule has 0 radical (unpaired) electrons. The van der Waals surface area contributed by atoms with Crippen molar-refractivity contribution in [3.8, 4) is 0 Å². The van der Waals surface area contributed by atoms with Crippen LogP contribution in [0.4, 0.5) is 11.4 Å². The number of nitrogens with zero attached hydrogens (tertiary/aromatic N) is 1. The van der Waals surface area contributed by atoms with Gasteiger partial charge in [-0.15, -0.1) is 0 Å². The van der Waals surface area contributed by atoms with Gasteiger partial charge in [0.2, 0.25) is 20.0 Å². The van der Waals surface area contributed by atoms with Crippen molar-refractivity contribution in [1.82, 2.24) is 9.03 Å². The molecule has 15 heteroatoms. The van der Waals surface area contributed by atoms with E-state index in [2.05, 4.69) is 15.4 Å². The standard InChI is InChI=1S/C34H34N4O9S2/c1-22(39)31-18-25(14-15-29(31)33(41)37-27-11-7-9-24(17-27)20-38(2)48(3,44)45)21-49(46,47)35-19-23-8-6-10-26(16-23)36-32(40)28-12-4-5-13-30(28)34(42)43/h4-18,35H,19-21H2,1-3H3,(H,36,40)(H,37,41)(H,42,43). The van der Waals surface area contributed by atoms with Crippen molar-refractivity contribution < 1.29 is 41.1 Å². The third-order valence-electron chi connectivity index (χ3n) is 7.30. The lowest BCUT2D eigenvalue weighted by molar-refractivity contribution is 0.0692. The molecule has 0 aliphatic rings. The molecule has 0 bridgehead atoms. The summed E-state index contributed by atoms with van der Waals surface area (Å²) >= 11 is 0. The molecule has 0 unspecified atom stereocenters. The topological polar surface area (TPSA) is 196 Å². The van der Waals surface area contributed by atoms with Gasteiger partial charge >= 0.3 is 5.97 Å². The molecule has 0 saturated heterocycles. The number of carbonyl (C=O) groups is 4. The van der Waals surface area contributed by atoms with E-state index in [0.29, 0.717) is 22.5 Å². The number of hydrogen-bond donors (Lipinski definition) is 4. The molecule has 0 fully saturated rings. The van der Waals surface area contributed by atoms with Crippen molar-refractivity contribution in [1.29, 1.82) is 0 Å². The van der Waals surface area contributed by atoms with Gasteiger partial charge < -0.3 is 15.7 Å². The van der Waals surface area contributed by atoms with E-state index < -0.39 is 49.4 Å². The summed E-state index contributed by atoms with van der Waals surface area (Å²) in [6, 6.07) is 22.9. The van der Waals surface area contributed by atoms with Crippen molar-refractivity contribution in [2.45, 2.75) is 25.8 Å². The molecule has 0 spiro atoms. The van der Waals surface area contributed by atoms with E-state index in [1.165, 1.54) is 50.4 Å². The maximum Gasteiger partial charge on any atom is 0.336 e. The normalized spacial score (nSPS) is 11.6. The van der Waals surface area contributed by atoms with E-state index in [-0.39, 0.29) is 40.9 Å². The van der Waals surface area contributed by atoms with E-state index in [4.69, 9.17) is 0 Å². The highest BCUT2D eigenvalue weighted by Crippen LogP contribution is 2.20. The van der Waals surface area contributed by atoms with E-state index >= 15 is 0 Å². The lowest BCUT2D eigenvalue weighted by atomic mass is 10.0. The van der Waals surface area contributed by atoms with Gasteiger partial charge in [0.05, 0.1) is 28.7 Å². The first-order chi connectivity index (χ1) is 23.0. The summed E-state index contributed by atoms with van der Waals surface area (Å²) in [5, 5.41) is 14.7. The summed E-state index contributed by atoms with van der Waals surface area (Å²) in [7, 11) is -5.92. The predicted octanol–water partition coefficient (Wildman–Crippen LogP) is 4.10. The molecule has 256 valence electrons. The minimum Gasteiger partial charge on any atom is -0.478 e. The quantitative estimate of drug-likeness (QED) is 0.140. The van der Waals surface area contributed by atoms with Gasteiger partial charge in [-0.25, -0.2) is 30.7 Å². The number of nitrogens with one attached hydrogen (secondary N) is 3. The molecule has 4 aromatic rings. The Morgan fingerprint density at radius 1 is 0.673 bits per heavy atom. The largest absolute Gasteiger partial charge is 0.478 e. The smallest absolute Gasteiger partial charge is 0.336 e. The van der Waals surface area contributed by atoms with Crippen LogP contribution in [0.5, 0.6) is 0 Å². The predicted molar refractivity (Wildman–Crippen MR) is 184 cm³/mol. The highest BCUT2D eigenvalue weighted by molar-refractivity contribution is 7.88. The van der Waals surface area contributed by atoms with Gasteiger partial charge in [0.15, 0.2) is 5.78 Å². The van der Waals surface area contributed by atoms with Crippen LogP contribution in [0.1, 0.15) is 65.0 Å². The van der Waals surface area contributed by atoms with Crippen LogP contribution in [-0.2, 0) is 38.9 Å².